The number of nitrogens with one attached hydrogen (secondary N) is 2. The predicted molar refractivity (Wildman–Crippen MR) is 126 cm³/mol. The third-order valence-electron chi connectivity index (χ3n) is 5.22. The van der Waals surface area contributed by atoms with Crippen molar-refractivity contribution in [1.82, 2.24) is 15.6 Å². The molecule has 1 fully saturated rings. The van der Waals surface area contributed by atoms with Crippen LogP contribution in [0.4, 0.5) is 0 Å². The Morgan fingerprint density at radius 1 is 1.03 bits per heavy atom. The van der Waals surface area contributed by atoms with Gasteiger partial charge in [-0.05, 0) is 55.4 Å². The molecule has 1 atom stereocenters. The zero-order valence-electron chi connectivity index (χ0n) is 18.7. The molecule has 0 unspecified atom stereocenters. The number of carbonyl (C=O) groups is 3. The van der Waals surface area contributed by atoms with E-state index in [0.29, 0.717) is 22.4 Å². The Balaban J connectivity index is 0.000000202. The number of benzene rings is 2. The highest BCUT2D eigenvalue weighted by Gasteiger charge is 2.17. The number of nitrogens with two attached hydrogens (primary N) is 1. The van der Waals surface area contributed by atoms with Crippen molar-refractivity contribution in [3.8, 4) is 11.5 Å². The highest BCUT2D eigenvalue weighted by molar-refractivity contribution is 6.11. The van der Waals surface area contributed by atoms with E-state index in [0.717, 1.165) is 19.5 Å². The van der Waals surface area contributed by atoms with E-state index in [2.05, 4.69) is 15.6 Å². The van der Waals surface area contributed by atoms with E-state index in [-0.39, 0.29) is 29.0 Å². The maximum absolute atomic E-state index is 12.3. The molecule has 176 valence electrons. The maximum atomic E-state index is 12.3. The normalized spacial score (nSPS) is 14.4. The van der Waals surface area contributed by atoms with Crippen molar-refractivity contribution >= 4 is 17.6 Å². The summed E-state index contributed by atoms with van der Waals surface area (Å²) in [6.07, 6.45) is 4.26. The number of ketones is 1. The molecular weight excluding hydrogens is 436 g/mol. The molecule has 0 aliphatic carbocycles. The highest BCUT2D eigenvalue weighted by Crippen LogP contribution is 2.25. The summed E-state index contributed by atoms with van der Waals surface area (Å²) in [6.45, 7) is 1.86. The van der Waals surface area contributed by atoms with E-state index in [1.807, 2.05) is 0 Å². The predicted octanol–water partition coefficient (Wildman–Crippen LogP) is 1.90. The number of phenolic OH excluding ortho intramolecular Hbond substituents is 1. The van der Waals surface area contributed by atoms with Crippen molar-refractivity contribution in [1.29, 1.82) is 0 Å². The number of hydrogen-bond acceptors (Lipinski definition) is 7. The Kier molecular flexibility index (Phi) is 8.31. The minimum Gasteiger partial charge on any atom is -0.507 e. The van der Waals surface area contributed by atoms with Gasteiger partial charge in [-0.1, -0.05) is 12.1 Å². The van der Waals surface area contributed by atoms with E-state index < -0.39 is 5.91 Å². The molecule has 0 spiro atoms. The van der Waals surface area contributed by atoms with E-state index in [1.165, 1.54) is 43.5 Å². The molecule has 2 aromatic carbocycles. The Hall–Kier alpha value is -4.24. The molecule has 9 nitrogen and oxygen atoms in total. The number of aromatic nitrogens is 1. The van der Waals surface area contributed by atoms with E-state index >= 15 is 0 Å². The van der Waals surface area contributed by atoms with Crippen LogP contribution in [0.2, 0.25) is 0 Å². The third-order valence-corrected chi connectivity index (χ3v) is 5.22. The topological polar surface area (TPSA) is 144 Å². The van der Waals surface area contributed by atoms with Crippen LogP contribution >= 0.6 is 0 Å². The maximum Gasteiger partial charge on any atom is 0.251 e. The quantitative estimate of drug-likeness (QED) is 0.410. The smallest absolute Gasteiger partial charge is 0.251 e. The lowest BCUT2D eigenvalue weighted by atomic mass is 10.0. The number of rotatable bonds is 6. The van der Waals surface area contributed by atoms with Crippen LogP contribution in [0.3, 0.4) is 0 Å². The van der Waals surface area contributed by atoms with E-state index in [1.54, 1.807) is 30.6 Å². The summed E-state index contributed by atoms with van der Waals surface area (Å²) in [4.78, 5) is 38.8. The van der Waals surface area contributed by atoms with Crippen LogP contribution in [0, 0.1) is 0 Å². The fourth-order valence-electron chi connectivity index (χ4n) is 3.32. The van der Waals surface area contributed by atoms with Crippen molar-refractivity contribution in [3.05, 3.63) is 89.2 Å². The molecule has 0 saturated carbocycles. The number of aromatic hydroxyl groups is 1. The van der Waals surface area contributed by atoms with Crippen molar-refractivity contribution in [2.75, 3.05) is 20.2 Å². The number of primary amides is 1. The Morgan fingerprint density at radius 2 is 1.71 bits per heavy atom. The Morgan fingerprint density at radius 3 is 2.29 bits per heavy atom. The summed E-state index contributed by atoms with van der Waals surface area (Å²) in [6, 6.07) is 14.0. The van der Waals surface area contributed by atoms with Gasteiger partial charge >= 0.3 is 0 Å². The molecule has 1 saturated heterocycles. The first kappa shape index (κ1) is 24.4. The fourth-order valence-corrected chi connectivity index (χ4v) is 3.32. The summed E-state index contributed by atoms with van der Waals surface area (Å²) >= 11 is 0. The molecule has 0 bridgehead atoms. The monoisotopic (exact) mass is 462 g/mol. The first-order valence-electron chi connectivity index (χ1n) is 10.6. The SMILES string of the molecule is COc1ccc(O)c(C(=O)c2ccc(C(N)=O)cc2)c1.O=C(N[C@H]1CCNC1)c1ccncc1. The summed E-state index contributed by atoms with van der Waals surface area (Å²) in [5.41, 5.74) is 6.60. The highest BCUT2D eigenvalue weighted by atomic mass is 16.5. The number of ether oxygens (including phenoxy) is 1. The molecule has 1 aliphatic heterocycles. The lowest BCUT2D eigenvalue weighted by molar-refractivity contribution is 0.0938. The van der Waals surface area contributed by atoms with Gasteiger partial charge in [0.25, 0.3) is 5.91 Å². The summed E-state index contributed by atoms with van der Waals surface area (Å²) in [5.74, 6) is -0.596. The van der Waals surface area contributed by atoms with Crippen LogP contribution in [-0.4, -0.2) is 53.9 Å². The Labute approximate surface area is 197 Å². The second kappa shape index (κ2) is 11.6. The molecule has 1 aliphatic rings. The molecule has 9 heteroatoms. The molecule has 1 aromatic heterocycles. The molecule has 0 radical (unpaired) electrons. The van der Waals surface area contributed by atoms with Crippen LogP contribution in [0.5, 0.6) is 11.5 Å². The van der Waals surface area contributed by atoms with Crippen LogP contribution in [0.25, 0.3) is 0 Å². The molecule has 5 N–H and O–H groups in total. The fraction of sp³-hybridized carbons (Fsp3) is 0.200. The third kappa shape index (κ3) is 6.39. The number of methoxy groups -OCH3 is 1. The molecule has 2 heterocycles. The van der Waals surface area contributed by atoms with Gasteiger partial charge in [-0.3, -0.25) is 19.4 Å². The lowest BCUT2D eigenvalue weighted by Crippen LogP contribution is -2.36. The van der Waals surface area contributed by atoms with Crippen LogP contribution in [0.1, 0.15) is 43.1 Å². The van der Waals surface area contributed by atoms with Gasteiger partial charge in [0.2, 0.25) is 5.91 Å². The molecule has 3 aromatic rings. The zero-order valence-corrected chi connectivity index (χ0v) is 18.7. The molecular formula is C25H26N4O5. The van der Waals surface area contributed by atoms with Crippen LogP contribution < -0.4 is 21.1 Å². The standard InChI is InChI=1S/C15H13NO4.C10H13N3O/c1-20-11-6-7-13(17)12(8-11)14(18)9-2-4-10(5-3-9)15(16)19;14-10(8-1-4-11-5-2-8)13-9-3-6-12-7-9/h2-8,17H,1H3,(H2,16,19);1-2,4-5,9,12H,3,6-7H2,(H,13,14)/t;9-/m.0/s1. The largest absolute Gasteiger partial charge is 0.507 e. The van der Waals surface area contributed by atoms with Gasteiger partial charge in [-0.15, -0.1) is 0 Å². The minimum atomic E-state index is -0.562. The first-order chi connectivity index (χ1) is 16.4. The molecule has 34 heavy (non-hydrogen) atoms. The minimum absolute atomic E-state index is 0.0129. The van der Waals surface area contributed by atoms with Crippen molar-refractivity contribution in [2.45, 2.75) is 12.5 Å². The van der Waals surface area contributed by atoms with Gasteiger partial charge in [0, 0.05) is 41.7 Å². The van der Waals surface area contributed by atoms with Crippen molar-refractivity contribution < 1.29 is 24.2 Å². The summed E-state index contributed by atoms with van der Waals surface area (Å²) < 4.78 is 5.02. The number of pyridine rings is 1. The number of phenols is 1. The van der Waals surface area contributed by atoms with Crippen LogP contribution in [0.15, 0.2) is 67.0 Å². The van der Waals surface area contributed by atoms with Gasteiger partial charge in [0.1, 0.15) is 11.5 Å². The zero-order chi connectivity index (χ0) is 24.5. The average molecular weight is 463 g/mol. The van der Waals surface area contributed by atoms with Gasteiger partial charge in [0.15, 0.2) is 5.78 Å². The average Bonchev–Trinajstić information content (AvgIpc) is 3.38. The van der Waals surface area contributed by atoms with E-state index in [9.17, 15) is 19.5 Å². The van der Waals surface area contributed by atoms with E-state index in [4.69, 9.17) is 10.5 Å². The lowest BCUT2D eigenvalue weighted by Gasteiger charge is -2.10. The van der Waals surface area contributed by atoms with Crippen LogP contribution in [-0.2, 0) is 0 Å². The van der Waals surface area contributed by atoms with Gasteiger partial charge in [-0.25, -0.2) is 0 Å². The number of hydrogen-bond donors (Lipinski definition) is 4. The van der Waals surface area contributed by atoms with Gasteiger partial charge < -0.3 is 26.2 Å². The number of nitrogens with zero attached hydrogens (tertiary/aromatic N) is 1. The van der Waals surface area contributed by atoms with Gasteiger partial charge in [-0.2, -0.15) is 0 Å². The second-order valence-corrected chi connectivity index (χ2v) is 7.55. The summed E-state index contributed by atoms with van der Waals surface area (Å²) in [5, 5.41) is 15.9. The number of carbonyl (C=O) groups excluding carboxylic acids is 3. The number of amides is 2. The second-order valence-electron chi connectivity index (χ2n) is 7.55. The van der Waals surface area contributed by atoms with Crippen molar-refractivity contribution in [3.63, 3.8) is 0 Å². The Bertz CT molecular complexity index is 1140. The first-order valence-corrected chi connectivity index (χ1v) is 10.6. The molecule has 2 amide bonds. The summed E-state index contributed by atoms with van der Waals surface area (Å²) in [7, 11) is 1.47. The van der Waals surface area contributed by atoms with Crippen molar-refractivity contribution in [2.24, 2.45) is 5.73 Å². The molecule has 4 rings (SSSR count). The van der Waals surface area contributed by atoms with Gasteiger partial charge in [0.05, 0.1) is 12.7 Å².